The highest BCUT2D eigenvalue weighted by Gasteiger charge is 2.30. The summed E-state index contributed by atoms with van der Waals surface area (Å²) in [5.41, 5.74) is 6.13. The Morgan fingerprint density at radius 2 is 2.33 bits per heavy atom. The maximum atomic E-state index is 11.5. The molecule has 0 aromatic carbocycles. The molecule has 1 fully saturated rings. The van der Waals surface area contributed by atoms with Crippen molar-refractivity contribution in [3.63, 3.8) is 0 Å². The molecule has 0 bridgehead atoms. The maximum Gasteiger partial charge on any atom is 0.360 e. The third-order valence-electron chi connectivity index (χ3n) is 2.51. The molecule has 0 unspecified atom stereocenters. The molecule has 2 N–H and O–H groups in total. The highest BCUT2D eigenvalue weighted by molar-refractivity contribution is 5.92. The number of esters is 1. The topological polar surface area (TPSA) is 70.1 Å². The van der Waals surface area contributed by atoms with Crippen LogP contribution in [0.3, 0.4) is 0 Å². The highest BCUT2D eigenvalue weighted by atomic mass is 16.5. The fourth-order valence-electron chi connectivity index (χ4n) is 1.70. The predicted octanol–water partition coefficient (Wildman–Crippen LogP) is 1.29. The van der Waals surface area contributed by atoms with Crippen molar-refractivity contribution in [3.05, 3.63) is 11.5 Å². The number of aromatic nitrogens is 2. The summed E-state index contributed by atoms with van der Waals surface area (Å²) in [7, 11) is 0. The molecule has 0 radical (unpaired) electrons. The van der Waals surface area contributed by atoms with E-state index in [9.17, 15) is 4.79 Å². The Morgan fingerprint density at radius 1 is 1.67 bits per heavy atom. The van der Waals surface area contributed by atoms with E-state index in [0.717, 1.165) is 18.7 Å². The zero-order valence-electron chi connectivity index (χ0n) is 8.99. The van der Waals surface area contributed by atoms with E-state index in [-0.39, 0.29) is 5.69 Å². The lowest BCUT2D eigenvalue weighted by molar-refractivity contribution is 0.0521. The van der Waals surface area contributed by atoms with Gasteiger partial charge in [-0.05, 0) is 26.7 Å². The second-order valence-corrected chi connectivity index (χ2v) is 3.71. The molecule has 0 saturated heterocycles. The van der Waals surface area contributed by atoms with Crippen molar-refractivity contribution < 1.29 is 9.53 Å². The number of nitrogens with two attached hydrogens (primary N) is 1. The number of nitrogens with zero attached hydrogens (tertiary/aromatic N) is 2. The van der Waals surface area contributed by atoms with Gasteiger partial charge in [0.25, 0.3) is 0 Å². The van der Waals surface area contributed by atoms with Crippen molar-refractivity contribution in [1.29, 1.82) is 0 Å². The van der Waals surface area contributed by atoms with Gasteiger partial charge in [0, 0.05) is 6.04 Å². The van der Waals surface area contributed by atoms with E-state index >= 15 is 0 Å². The van der Waals surface area contributed by atoms with Crippen LogP contribution >= 0.6 is 0 Å². The number of carbonyl (C=O) groups is 1. The van der Waals surface area contributed by atoms with Gasteiger partial charge in [-0.1, -0.05) is 0 Å². The summed E-state index contributed by atoms with van der Waals surface area (Å²) in [6, 6.07) is 0.431. The molecule has 5 nitrogen and oxygen atoms in total. The van der Waals surface area contributed by atoms with Crippen molar-refractivity contribution in [2.75, 3.05) is 12.3 Å². The number of hydrogen-bond acceptors (Lipinski definition) is 4. The minimum absolute atomic E-state index is 0.251. The first-order valence-corrected chi connectivity index (χ1v) is 5.16. The number of hydrogen-bond donors (Lipinski definition) is 1. The number of aryl methyl sites for hydroxylation is 1. The summed E-state index contributed by atoms with van der Waals surface area (Å²) in [4.78, 5) is 15.6. The lowest BCUT2D eigenvalue weighted by Gasteiger charge is -2.04. The minimum atomic E-state index is -0.433. The molecule has 0 atom stereocenters. The number of carbonyl (C=O) groups excluding carboxylic acids is 1. The van der Waals surface area contributed by atoms with Crippen LogP contribution < -0.4 is 5.73 Å². The van der Waals surface area contributed by atoms with Crippen molar-refractivity contribution in [3.8, 4) is 0 Å². The van der Waals surface area contributed by atoms with E-state index in [4.69, 9.17) is 10.5 Å². The smallest absolute Gasteiger partial charge is 0.360 e. The van der Waals surface area contributed by atoms with E-state index in [1.54, 1.807) is 6.92 Å². The largest absolute Gasteiger partial charge is 0.461 e. The summed E-state index contributed by atoms with van der Waals surface area (Å²) in [6.07, 6.45) is 2.23. The second kappa shape index (κ2) is 3.56. The molecule has 1 aliphatic carbocycles. The molecule has 1 aliphatic rings. The van der Waals surface area contributed by atoms with E-state index in [0.29, 0.717) is 18.5 Å². The third kappa shape index (κ3) is 1.69. The van der Waals surface area contributed by atoms with Gasteiger partial charge in [0.05, 0.1) is 6.61 Å². The third-order valence-corrected chi connectivity index (χ3v) is 2.51. The van der Waals surface area contributed by atoms with Crippen LogP contribution in [0.4, 0.5) is 5.82 Å². The van der Waals surface area contributed by atoms with Crippen molar-refractivity contribution in [2.24, 2.45) is 0 Å². The molecular weight excluding hydrogens is 194 g/mol. The highest BCUT2D eigenvalue weighted by Crippen LogP contribution is 2.38. The molecule has 0 spiro atoms. The Morgan fingerprint density at radius 3 is 2.87 bits per heavy atom. The number of ether oxygens (including phenoxy) is 1. The van der Waals surface area contributed by atoms with Gasteiger partial charge in [-0.25, -0.2) is 9.78 Å². The summed E-state index contributed by atoms with van der Waals surface area (Å²) >= 11 is 0. The van der Waals surface area contributed by atoms with Gasteiger partial charge in [-0.2, -0.15) is 0 Å². The normalized spacial score (nSPS) is 15.3. The first-order valence-electron chi connectivity index (χ1n) is 5.16. The van der Waals surface area contributed by atoms with Crippen LogP contribution in [0.25, 0.3) is 0 Å². The van der Waals surface area contributed by atoms with Gasteiger partial charge in [-0.3, -0.25) is 0 Å². The first-order chi connectivity index (χ1) is 7.15. The molecule has 1 heterocycles. The van der Waals surface area contributed by atoms with Crippen molar-refractivity contribution >= 4 is 11.8 Å². The summed E-state index contributed by atoms with van der Waals surface area (Å²) in [5, 5.41) is 0. The van der Waals surface area contributed by atoms with Gasteiger partial charge in [0.1, 0.15) is 11.6 Å². The lowest BCUT2D eigenvalue weighted by atomic mass is 10.4. The van der Waals surface area contributed by atoms with Crippen LogP contribution in [0, 0.1) is 6.92 Å². The molecular formula is C10H15N3O2. The molecule has 1 saturated carbocycles. The van der Waals surface area contributed by atoms with Gasteiger partial charge in [0.2, 0.25) is 0 Å². The van der Waals surface area contributed by atoms with Crippen LogP contribution in [-0.2, 0) is 4.74 Å². The van der Waals surface area contributed by atoms with Crippen LogP contribution in [0.5, 0.6) is 0 Å². The van der Waals surface area contributed by atoms with Gasteiger partial charge in [0.15, 0.2) is 5.69 Å². The maximum absolute atomic E-state index is 11.5. The fraction of sp³-hybridized carbons (Fsp3) is 0.600. The zero-order chi connectivity index (χ0) is 11.0. The monoisotopic (exact) mass is 209 g/mol. The van der Waals surface area contributed by atoms with E-state index in [1.807, 2.05) is 11.5 Å². The predicted molar refractivity (Wildman–Crippen MR) is 55.6 cm³/mol. The Hall–Kier alpha value is -1.52. The molecule has 1 aromatic heterocycles. The number of anilines is 1. The fourth-order valence-corrected chi connectivity index (χ4v) is 1.70. The van der Waals surface area contributed by atoms with Gasteiger partial charge >= 0.3 is 5.97 Å². The molecule has 5 heteroatoms. The molecule has 1 aromatic rings. The SMILES string of the molecule is CCOC(=O)c1nc(C)n(C2CC2)c1N. The van der Waals surface area contributed by atoms with Crippen molar-refractivity contribution in [1.82, 2.24) is 9.55 Å². The summed E-state index contributed by atoms with van der Waals surface area (Å²) in [5.74, 6) is 0.795. The van der Waals surface area contributed by atoms with Crippen LogP contribution in [0.2, 0.25) is 0 Å². The van der Waals surface area contributed by atoms with Gasteiger partial charge < -0.3 is 15.0 Å². The Kier molecular flexibility index (Phi) is 2.38. The Labute approximate surface area is 88.2 Å². The molecule has 0 aliphatic heterocycles. The molecule has 15 heavy (non-hydrogen) atoms. The first kappa shape index (κ1) is 10.0. The molecule has 2 rings (SSSR count). The molecule has 82 valence electrons. The minimum Gasteiger partial charge on any atom is -0.461 e. The number of rotatable bonds is 3. The van der Waals surface area contributed by atoms with Gasteiger partial charge in [-0.15, -0.1) is 0 Å². The van der Waals surface area contributed by atoms with Crippen LogP contribution in [0.1, 0.15) is 42.1 Å². The molecule has 0 amide bonds. The average Bonchev–Trinajstić information content (AvgIpc) is 2.95. The quantitative estimate of drug-likeness (QED) is 0.761. The van der Waals surface area contributed by atoms with E-state index < -0.39 is 5.97 Å². The average molecular weight is 209 g/mol. The summed E-state index contributed by atoms with van der Waals surface area (Å²) < 4.78 is 6.81. The van der Waals surface area contributed by atoms with Crippen molar-refractivity contribution in [2.45, 2.75) is 32.7 Å². The van der Waals surface area contributed by atoms with E-state index in [1.165, 1.54) is 0 Å². The van der Waals surface area contributed by atoms with Crippen LogP contribution in [-0.4, -0.2) is 22.1 Å². The number of imidazole rings is 1. The second-order valence-electron chi connectivity index (χ2n) is 3.71. The standard InChI is InChI=1S/C10H15N3O2/c1-3-15-10(14)8-9(11)13(6(2)12-8)7-4-5-7/h7H,3-5,11H2,1-2H3. The Balaban J connectivity index is 2.32. The number of nitrogen functional groups attached to an aromatic ring is 1. The zero-order valence-corrected chi connectivity index (χ0v) is 8.99. The Bertz CT molecular complexity index is 394. The summed E-state index contributed by atoms with van der Waals surface area (Å²) in [6.45, 7) is 3.96. The lowest BCUT2D eigenvalue weighted by Crippen LogP contribution is -2.09. The van der Waals surface area contributed by atoms with E-state index in [2.05, 4.69) is 4.98 Å². The van der Waals surface area contributed by atoms with Crippen LogP contribution in [0.15, 0.2) is 0 Å².